The molecule has 2 amide bonds. The highest BCUT2D eigenvalue weighted by Crippen LogP contribution is 2.36. The third-order valence-corrected chi connectivity index (χ3v) is 4.26. The lowest BCUT2D eigenvalue weighted by Gasteiger charge is -2.23. The predicted molar refractivity (Wildman–Crippen MR) is 107 cm³/mol. The minimum absolute atomic E-state index is 0.376. The second kappa shape index (κ2) is 7.32. The third kappa shape index (κ3) is 3.09. The maximum Gasteiger partial charge on any atom is 0.325 e. The van der Waals surface area contributed by atoms with Crippen LogP contribution in [0.3, 0.4) is 0 Å². The van der Waals surface area contributed by atoms with Crippen molar-refractivity contribution < 1.29 is 9.53 Å². The summed E-state index contributed by atoms with van der Waals surface area (Å²) in [4.78, 5) is 27.2. The van der Waals surface area contributed by atoms with E-state index in [9.17, 15) is 4.79 Å². The molecule has 0 atom stereocenters. The molecule has 0 unspecified atom stereocenters. The number of nitrogens with zero attached hydrogens (tertiary/aromatic N) is 4. The average molecular weight is 371 g/mol. The van der Waals surface area contributed by atoms with Gasteiger partial charge in [-0.2, -0.15) is 0 Å². The fourth-order valence-electron chi connectivity index (χ4n) is 3.01. The zero-order chi connectivity index (χ0) is 19.5. The van der Waals surface area contributed by atoms with Crippen molar-refractivity contribution in [2.24, 2.45) is 5.73 Å². The van der Waals surface area contributed by atoms with Crippen molar-refractivity contribution >= 4 is 28.4 Å². The van der Waals surface area contributed by atoms with E-state index in [2.05, 4.69) is 15.0 Å². The molecule has 2 aromatic carbocycles. The molecule has 0 spiro atoms. The van der Waals surface area contributed by atoms with Crippen LogP contribution >= 0.6 is 0 Å². The van der Waals surface area contributed by atoms with Gasteiger partial charge in [0.25, 0.3) is 0 Å². The van der Waals surface area contributed by atoms with Crippen LogP contribution in [-0.4, -0.2) is 28.1 Å². The molecule has 2 N–H and O–H groups in total. The summed E-state index contributed by atoms with van der Waals surface area (Å²) >= 11 is 0. The van der Waals surface area contributed by atoms with Crippen molar-refractivity contribution in [3.05, 3.63) is 73.1 Å². The van der Waals surface area contributed by atoms with Gasteiger partial charge in [-0.15, -0.1) is 0 Å². The Morgan fingerprint density at radius 3 is 2.54 bits per heavy atom. The number of hydrogen-bond donors (Lipinski definition) is 1. The highest BCUT2D eigenvalue weighted by molar-refractivity contribution is 6.06. The minimum atomic E-state index is -0.675. The summed E-state index contributed by atoms with van der Waals surface area (Å²) in [5.74, 6) is 1.33. The number of aromatic nitrogens is 3. The first-order valence-electron chi connectivity index (χ1n) is 8.59. The average Bonchev–Trinajstić information content (AvgIpc) is 2.74. The fraction of sp³-hybridized carbons (Fsp3) is 0.0476. The molecule has 7 heteroatoms. The zero-order valence-electron chi connectivity index (χ0n) is 15.1. The number of primary amides is 1. The molecule has 2 aromatic heterocycles. The number of anilines is 2. The van der Waals surface area contributed by atoms with Gasteiger partial charge in [-0.05, 0) is 36.4 Å². The summed E-state index contributed by atoms with van der Waals surface area (Å²) in [6.45, 7) is 0. The van der Waals surface area contributed by atoms with Gasteiger partial charge in [-0.3, -0.25) is 4.98 Å². The van der Waals surface area contributed by atoms with E-state index in [4.69, 9.17) is 10.5 Å². The molecule has 0 radical (unpaired) electrons. The van der Waals surface area contributed by atoms with E-state index in [1.165, 1.54) is 12.0 Å². The van der Waals surface area contributed by atoms with Crippen LogP contribution in [0.2, 0.25) is 0 Å². The van der Waals surface area contributed by atoms with E-state index in [0.29, 0.717) is 34.0 Å². The lowest BCUT2D eigenvalue weighted by atomic mass is 10.2. The SMILES string of the molecule is COc1ccccc1N(C(N)=O)c1nc(-c2cccnc2)nc2ccccc12. The van der Waals surface area contributed by atoms with Crippen LogP contribution < -0.4 is 15.4 Å². The smallest absolute Gasteiger partial charge is 0.325 e. The van der Waals surface area contributed by atoms with Crippen molar-refractivity contribution in [1.29, 1.82) is 0 Å². The quantitative estimate of drug-likeness (QED) is 0.587. The first-order valence-corrected chi connectivity index (χ1v) is 8.59. The topological polar surface area (TPSA) is 94.2 Å². The molecule has 138 valence electrons. The second-order valence-electron chi connectivity index (χ2n) is 5.98. The molecular weight excluding hydrogens is 354 g/mol. The number of carbonyl (C=O) groups is 1. The summed E-state index contributed by atoms with van der Waals surface area (Å²) in [6.07, 6.45) is 3.35. The highest BCUT2D eigenvalue weighted by Gasteiger charge is 2.23. The van der Waals surface area contributed by atoms with Gasteiger partial charge in [0.15, 0.2) is 11.6 Å². The maximum absolute atomic E-state index is 12.5. The molecule has 28 heavy (non-hydrogen) atoms. The van der Waals surface area contributed by atoms with E-state index < -0.39 is 6.03 Å². The Labute approximate surface area is 161 Å². The van der Waals surface area contributed by atoms with Crippen LogP contribution in [0.25, 0.3) is 22.3 Å². The van der Waals surface area contributed by atoms with Crippen LogP contribution in [-0.2, 0) is 0 Å². The first-order chi connectivity index (χ1) is 13.7. The van der Waals surface area contributed by atoms with Crippen LogP contribution in [0.1, 0.15) is 0 Å². The van der Waals surface area contributed by atoms with E-state index in [1.54, 1.807) is 36.7 Å². The molecule has 0 saturated carbocycles. The van der Waals surface area contributed by atoms with Crippen LogP contribution in [0.4, 0.5) is 16.3 Å². The second-order valence-corrected chi connectivity index (χ2v) is 5.98. The number of rotatable bonds is 4. The number of fused-ring (bicyclic) bond motifs is 1. The van der Waals surface area contributed by atoms with E-state index in [1.807, 2.05) is 36.4 Å². The van der Waals surface area contributed by atoms with Gasteiger partial charge in [0.05, 0.1) is 18.3 Å². The van der Waals surface area contributed by atoms with Crippen molar-refractivity contribution in [2.75, 3.05) is 12.0 Å². The fourth-order valence-corrected chi connectivity index (χ4v) is 3.01. The van der Waals surface area contributed by atoms with Crippen molar-refractivity contribution in [1.82, 2.24) is 15.0 Å². The maximum atomic E-state index is 12.5. The van der Waals surface area contributed by atoms with Crippen molar-refractivity contribution in [2.45, 2.75) is 0 Å². The molecule has 0 aliphatic heterocycles. The van der Waals surface area contributed by atoms with Gasteiger partial charge < -0.3 is 10.5 Å². The third-order valence-electron chi connectivity index (χ3n) is 4.26. The lowest BCUT2D eigenvalue weighted by molar-refractivity contribution is 0.255. The molecule has 2 heterocycles. The summed E-state index contributed by atoms with van der Waals surface area (Å²) < 4.78 is 5.42. The number of nitrogens with two attached hydrogens (primary N) is 1. The normalized spacial score (nSPS) is 10.6. The molecule has 7 nitrogen and oxygen atoms in total. The Kier molecular flexibility index (Phi) is 4.55. The van der Waals surface area contributed by atoms with Crippen LogP contribution in [0, 0.1) is 0 Å². The molecule has 4 aromatic rings. The summed E-state index contributed by atoms with van der Waals surface area (Å²) in [7, 11) is 1.54. The summed E-state index contributed by atoms with van der Waals surface area (Å²) in [5, 5.41) is 0.694. The number of methoxy groups -OCH3 is 1. The van der Waals surface area contributed by atoms with Gasteiger partial charge in [0.1, 0.15) is 5.75 Å². The molecule has 0 aliphatic carbocycles. The number of carbonyl (C=O) groups excluding carboxylic acids is 1. The summed E-state index contributed by atoms with van der Waals surface area (Å²) in [6, 6.07) is 17.6. The number of urea groups is 1. The van der Waals surface area contributed by atoms with Gasteiger partial charge >= 0.3 is 6.03 Å². The van der Waals surface area contributed by atoms with E-state index in [0.717, 1.165) is 5.56 Å². The molecule has 4 rings (SSSR count). The number of amides is 2. The molecule has 0 saturated heterocycles. The Hall–Kier alpha value is -4.00. The largest absolute Gasteiger partial charge is 0.495 e. The number of para-hydroxylation sites is 3. The zero-order valence-corrected chi connectivity index (χ0v) is 15.1. The molecule has 0 fully saturated rings. The van der Waals surface area contributed by atoms with E-state index in [-0.39, 0.29) is 0 Å². The first kappa shape index (κ1) is 17.4. The number of hydrogen-bond acceptors (Lipinski definition) is 5. The Bertz CT molecular complexity index is 1150. The Balaban J connectivity index is 2.01. The Morgan fingerprint density at radius 1 is 1.00 bits per heavy atom. The van der Waals surface area contributed by atoms with Gasteiger partial charge in [-0.1, -0.05) is 24.3 Å². The van der Waals surface area contributed by atoms with Gasteiger partial charge in [-0.25, -0.2) is 19.7 Å². The van der Waals surface area contributed by atoms with Crippen LogP contribution in [0.15, 0.2) is 73.1 Å². The van der Waals surface area contributed by atoms with Crippen molar-refractivity contribution in [3.8, 4) is 17.1 Å². The Morgan fingerprint density at radius 2 is 1.79 bits per heavy atom. The number of ether oxygens (including phenoxy) is 1. The monoisotopic (exact) mass is 371 g/mol. The molecular formula is C21H17N5O2. The molecule has 0 aliphatic rings. The molecule has 0 bridgehead atoms. The van der Waals surface area contributed by atoms with Crippen molar-refractivity contribution in [3.63, 3.8) is 0 Å². The predicted octanol–water partition coefficient (Wildman–Crippen LogP) is 3.92. The lowest BCUT2D eigenvalue weighted by Crippen LogP contribution is -2.32. The van der Waals surface area contributed by atoms with Crippen LogP contribution in [0.5, 0.6) is 5.75 Å². The summed E-state index contributed by atoms with van der Waals surface area (Å²) in [5.41, 5.74) is 7.68. The highest BCUT2D eigenvalue weighted by atomic mass is 16.5. The standard InChI is InChI=1S/C21H17N5O2/c1-28-18-11-5-4-10-17(18)26(21(22)27)20-15-8-2-3-9-16(15)24-19(25-20)14-7-6-12-23-13-14/h2-13H,1H3,(H2,22,27). The van der Waals surface area contributed by atoms with Gasteiger partial charge in [0.2, 0.25) is 0 Å². The van der Waals surface area contributed by atoms with Gasteiger partial charge in [0, 0.05) is 23.3 Å². The minimum Gasteiger partial charge on any atom is -0.495 e. The van der Waals surface area contributed by atoms with E-state index >= 15 is 0 Å². The number of pyridine rings is 1. The number of benzene rings is 2.